The topological polar surface area (TPSA) is 47.7 Å². The lowest BCUT2D eigenvalue weighted by atomic mass is 9.91. The molecule has 0 spiro atoms. The fraction of sp³-hybridized carbons (Fsp3) is 0.625. The molecule has 2 N–H and O–H groups in total. The normalized spacial score (nSPS) is 28.2. The Morgan fingerprint density at radius 1 is 1.00 bits per heavy atom. The summed E-state index contributed by atoms with van der Waals surface area (Å²) in [6, 6.07) is 8.45. The molecule has 1 saturated heterocycles. The van der Waals surface area contributed by atoms with Crippen LogP contribution in [0.3, 0.4) is 0 Å². The van der Waals surface area contributed by atoms with Crippen molar-refractivity contribution < 1.29 is 9.47 Å². The Kier molecular flexibility index (Phi) is 4.43. The number of ether oxygens (including phenoxy) is 2. The zero-order valence-corrected chi connectivity index (χ0v) is 12.0. The third kappa shape index (κ3) is 3.44. The molecule has 1 aliphatic carbocycles. The average Bonchev–Trinajstić information content (AvgIpc) is 2.51. The maximum Gasteiger partial charge on any atom is 0.119 e. The van der Waals surface area contributed by atoms with Gasteiger partial charge in [-0.1, -0.05) is 0 Å². The summed E-state index contributed by atoms with van der Waals surface area (Å²) >= 11 is 0. The SMILES string of the molecule is Nc1ccc(OC2CCC(N3CCOCC3)CC2)cc1. The van der Waals surface area contributed by atoms with Crippen LogP contribution in [0.5, 0.6) is 5.75 Å². The van der Waals surface area contributed by atoms with Crippen molar-refractivity contribution in [2.24, 2.45) is 0 Å². The molecule has 0 amide bonds. The molecular weight excluding hydrogens is 252 g/mol. The molecule has 0 radical (unpaired) electrons. The van der Waals surface area contributed by atoms with Crippen molar-refractivity contribution in [3.05, 3.63) is 24.3 Å². The van der Waals surface area contributed by atoms with Gasteiger partial charge >= 0.3 is 0 Å². The minimum Gasteiger partial charge on any atom is -0.490 e. The summed E-state index contributed by atoms with van der Waals surface area (Å²) in [5, 5.41) is 0. The van der Waals surface area contributed by atoms with Crippen molar-refractivity contribution in [2.45, 2.75) is 37.8 Å². The van der Waals surface area contributed by atoms with Crippen molar-refractivity contribution in [3.8, 4) is 5.75 Å². The molecule has 0 bridgehead atoms. The third-order valence-electron chi connectivity index (χ3n) is 4.39. The van der Waals surface area contributed by atoms with Gasteiger partial charge in [0.1, 0.15) is 5.75 Å². The third-order valence-corrected chi connectivity index (χ3v) is 4.39. The summed E-state index contributed by atoms with van der Waals surface area (Å²) in [5.41, 5.74) is 6.47. The summed E-state index contributed by atoms with van der Waals surface area (Å²) in [6.45, 7) is 3.96. The highest BCUT2D eigenvalue weighted by molar-refractivity contribution is 5.41. The molecule has 4 heteroatoms. The number of hydrogen-bond acceptors (Lipinski definition) is 4. The van der Waals surface area contributed by atoms with Crippen molar-refractivity contribution >= 4 is 5.69 Å². The predicted octanol–water partition coefficient (Wildman–Crippen LogP) is 2.29. The van der Waals surface area contributed by atoms with Crippen LogP contribution in [-0.4, -0.2) is 43.3 Å². The van der Waals surface area contributed by atoms with E-state index in [0.717, 1.165) is 56.6 Å². The molecular formula is C16H24N2O2. The van der Waals surface area contributed by atoms with E-state index in [1.165, 1.54) is 12.8 Å². The second-order valence-corrected chi connectivity index (χ2v) is 5.77. The van der Waals surface area contributed by atoms with Gasteiger partial charge in [-0.05, 0) is 49.9 Å². The average molecular weight is 276 g/mol. The van der Waals surface area contributed by atoms with Gasteiger partial charge in [0, 0.05) is 24.8 Å². The molecule has 0 atom stereocenters. The van der Waals surface area contributed by atoms with Gasteiger partial charge in [0.15, 0.2) is 0 Å². The Bertz CT molecular complexity index is 407. The molecule has 110 valence electrons. The number of nitrogen functional groups attached to an aromatic ring is 1. The first kappa shape index (κ1) is 13.7. The lowest BCUT2D eigenvalue weighted by Gasteiger charge is -2.38. The van der Waals surface area contributed by atoms with Crippen molar-refractivity contribution in [3.63, 3.8) is 0 Å². The molecule has 1 aromatic rings. The Labute approximate surface area is 120 Å². The highest BCUT2D eigenvalue weighted by atomic mass is 16.5. The number of hydrogen-bond donors (Lipinski definition) is 1. The first-order chi connectivity index (χ1) is 9.81. The zero-order valence-electron chi connectivity index (χ0n) is 12.0. The van der Waals surface area contributed by atoms with E-state index in [-0.39, 0.29) is 0 Å². The Morgan fingerprint density at radius 2 is 1.65 bits per heavy atom. The summed E-state index contributed by atoms with van der Waals surface area (Å²) in [6.07, 6.45) is 5.12. The second-order valence-electron chi connectivity index (χ2n) is 5.77. The lowest BCUT2D eigenvalue weighted by molar-refractivity contribution is -0.00103. The van der Waals surface area contributed by atoms with Gasteiger partial charge in [-0.15, -0.1) is 0 Å². The standard InChI is InChI=1S/C16H24N2O2/c17-13-1-5-15(6-2-13)20-16-7-3-14(4-8-16)18-9-11-19-12-10-18/h1-2,5-6,14,16H,3-4,7-12,17H2. The van der Waals surface area contributed by atoms with E-state index in [0.29, 0.717) is 6.10 Å². The first-order valence-corrected chi connectivity index (χ1v) is 7.65. The van der Waals surface area contributed by atoms with E-state index in [1.807, 2.05) is 24.3 Å². The van der Waals surface area contributed by atoms with Crippen LogP contribution in [0.15, 0.2) is 24.3 Å². The van der Waals surface area contributed by atoms with Crippen LogP contribution in [0, 0.1) is 0 Å². The van der Waals surface area contributed by atoms with Crippen LogP contribution < -0.4 is 10.5 Å². The minimum absolute atomic E-state index is 0.357. The molecule has 0 aromatic heterocycles. The molecule has 1 aliphatic heterocycles. The van der Waals surface area contributed by atoms with Crippen molar-refractivity contribution in [1.82, 2.24) is 4.90 Å². The van der Waals surface area contributed by atoms with Crippen LogP contribution in [0.4, 0.5) is 5.69 Å². The molecule has 4 nitrogen and oxygen atoms in total. The van der Waals surface area contributed by atoms with Gasteiger partial charge in [0.05, 0.1) is 19.3 Å². The van der Waals surface area contributed by atoms with E-state index >= 15 is 0 Å². The second kappa shape index (κ2) is 6.46. The number of anilines is 1. The van der Waals surface area contributed by atoms with Crippen molar-refractivity contribution in [1.29, 1.82) is 0 Å². The number of nitrogens with two attached hydrogens (primary N) is 1. The van der Waals surface area contributed by atoms with Crippen molar-refractivity contribution in [2.75, 3.05) is 32.0 Å². The van der Waals surface area contributed by atoms with Crippen LogP contribution in [-0.2, 0) is 4.74 Å². The highest BCUT2D eigenvalue weighted by Crippen LogP contribution is 2.27. The van der Waals surface area contributed by atoms with Gasteiger partial charge in [-0.2, -0.15) is 0 Å². The summed E-state index contributed by atoms with van der Waals surface area (Å²) in [4.78, 5) is 2.59. The number of nitrogens with zero attached hydrogens (tertiary/aromatic N) is 1. The van der Waals surface area contributed by atoms with Crippen LogP contribution >= 0.6 is 0 Å². The maximum atomic E-state index is 6.05. The Morgan fingerprint density at radius 3 is 2.30 bits per heavy atom. The van der Waals surface area contributed by atoms with E-state index < -0.39 is 0 Å². The summed E-state index contributed by atoms with van der Waals surface area (Å²) < 4.78 is 11.5. The smallest absolute Gasteiger partial charge is 0.119 e. The van der Waals surface area contributed by atoms with Crippen LogP contribution in [0.2, 0.25) is 0 Å². The Hall–Kier alpha value is -1.26. The first-order valence-electron chi connectivity index (χ1n) is 7.65. The number of benzene rings is 1. The molecule has 2 aliphatic rings. The molecule has 2 fully saturated rings. The molecule has 1 saturated carbocycles. The molecule has 0 unspecified atom stereocenters. The van der Waals surface area contributed by atoms with E-state index in [2.05, 4.69) is 4.90 Å². The largest absolute Gasteiger partial charge is 0.490 e. The van der Waals surface area contributed by atoms with Gasteiger partial charge < -0.3 is 15.2 Å². The Balaban J connectivity index is 1.47. The monoisotopic (exact) mass is 276 g/mol. The number of morpholine rings is 1. The lowest BCUT2D eigenvalue weighted by Crippen LogP contribution is -2.46. The predicted molar refractivity (Wildman–Crippen MR) is 79.9 cm³/mol. The van der Waals surface area contributed by atoms with Crippen LogP contribution in [0.25, 0.3) is 0 Å². The fourth-order valence-electron chi connectivity index (χ4n) is 3.21. The van der Waals surface area contributed by atoms with Crippen LogP contribution in [0.1, 0.15) is 25.7 Å². The molecule has 3 rings (SSSR count). The zero-order chi connectivity index (χ0) is 13.8. The van der Waals surface area contributed by atoms with E-state index in [4.69, 9.17) is 15.2 Å². The van der Waals surface area contributed by atoms with Gasteiger partial charge in [-0.25, -0.2) is 0 Å². The van der Waals surface area contributed by atoms with Gasteiger partial charge in [0.25, 0.3) is 0 Å². The summed E-state index contributed by atoms with van der Waals surface area (Å²) in [7, 11) is 0. The minimum atomic E-state index is 0.357. The number of rotatable bonds is 3. The molecule has 20 heavy (non-hydrogen) atoms. The van der Waals surface area contributed by atoms with Gasteiger partial charge in [0.2, 0.25) is 0 Å². The highest BCUT2D eigenvalue weighted by Gasteiger charge is 2.27. The van der Waals surface area contributed by atoms with E-state index in [9.17, 15) is 0 Å². The van der Waals surface area contributed by atoms with E-state index in [1.54, 1.807) is 0 Å². The summed E-state index contributed by atoms with van der Waals surface area (Å²) in [5.74, 6) is 0.939. The molecule has 1 heterocycles. The van der Waals surface area contributed by atoms with Gasteiger partial charge in [-0.3, -0.25) is 4.90 Å². The quantitative estimate of drug-likeness (QED) is 0.861. The maximum absolute atomic E-state index is 6.05. The fourth-order valence-corrected chi connectivity index (χ4v) is 3.21. The molecule has 1 aromatic carbocycles.